The van der Waals surface area contributed by atoms with E-state index in [9.17, 15) is 4.79 Å². The van der Waals surface area contributed by atoms with Crippen molar-refractivity contribution in [1.29, 1.82) is 0 Å². The van der Waals surface area contributed by atoms with Crippen molar-refractivity contribution in [1.82, 2.24) is 4.90 Å². The summed E-state index contributed by atoms with van der Waals surface area (Å²) in [6.45, 7) is 10.5. The van der Waals surface area contributed by atoms with E-state index in [1.54, 1.807) is 0 Å². The lowest BCUT2D eigenvalue weighted by Gasteiger charge is -2.32. The smallest absolute Gasteiger partial charge is 0.321 e. The molecule has 144 valence electrons. The Bertz CT molecular complexity index is 748. The highest BCUT2D eigenvalue weighted by Gasteiger charge is 2.23. The zero-order valence-electron chi connectivity index (χ0n) is 17.1. The molecule has 2 aromatic rings. The number of carbonyl (C=O) groups excluding carboxylic acids is 1. The lowest BCUT2D eigenvalue weighted by Crippen LogP contribution is -2.41. The van der Waals surface area contributed by atoms with Crippen LogP contribution in [0.5, 0.6) is 0 Å². The number of piperidine rings is 1. The highest BCUT2D eigenvalue weighted by molar-refractivity contribution is 5.89. The third-order valence-electron chi connectivity index (χ3n) is 5.55. The van der Waals surface area contributed by atoms with Gasteiger partial charge in [0.1, 0.15) is 0 Å². The van der Waals surface area contributed by atoms with Crippen molar-refractivity contribution in [2.75, 3.05) is 18.4 Å². The van der Waals surface area contributed by atoms with E-state index in [0.717, 1.165) is 38.0 Å². The van der Waals surface area contributed by atoms with Gasteiger partial charge in [0.05, 0.1) is 0 Å². The average molecular weight is 365 g/mol. The maximum absolute atomic E-state index is 12.5. The topological polar surface area (TPSA) is 32.3 Å². The number of hydrogen-bond acceptors (Lipinski definition) is 1. The number of rotatable bonds is 3. The summed E-state index contributed by atoms with van der Waals surface area (Å²) in [5.74, 6) is 0.661. The molecule has 27 heavy (non-hydrogen) atoms. The molecular weight excluding hydrogens is 332 g/mol. The van der Waals surface area contributed by atoms with Gasteiger partial charge in [-0.15, -0.1) is 0 Å². The molecule has 0 aliphatic carbocycles. The number of anilines is 1. The minimum Gasteiger partial charge on any atom is -0.325 e. The first-order valence-corrected chi connectivity index (χ1v) is 10.0. The first-order valence-electron chi connectivity index (χ1n) is 10.0. The number of amides is 2. The molecule has 1 fully saturated rings. The minimum atomic E-state index is 0.0202. The number of likely N-dealkylation sites (tertiary alicyclic amines) is 1. The molecule has 0 unspecified atom stereocenters. The largest absolute Gasteiger partial charge is 0.325 e. The van der Waals surface area contributed by atoms with Gasteiger partial charge < -0.3 is 10.2 Å². The molecule has 2 amide bonds. The Hall–Kier alpha value is -2.29. The zero-order chi connectivity index (χ0) is 19.4. The molecular formula is C24H32N2O. The van der Waals surface area contributed by atoms with Crippen LogP contribution in [0.3, 0.4) is 0 Å². The van der Waals surface area contributed by atoms with Crippen molar-refractivity contribution in [3.05, 3.63) is 65.2 Å². The number of carbonyl (C=O) groups is 1. The molecule has 0 atom stereocenters. The fourth-order valence-electron chi connectivity index (χ4n) is 3.65. The van der Waals surface area contributed by atoms with E-state index in [1.165, 1.54) is 16.7 Å². The van der Waals surface area contributed by atoms with Crippen LogP contribution in [0, 0.1) is 12.8 Å². The normalized spacial score (nSPS) is 15.6. The molecule has 0 aromatic heterocycles. The van der Waals surface area contributed by atoms with E-state index < -0.39 is 0 Å². The molecule has 3 heteroatoms. The van der Waals surface area contributed by atoms with Gasteiger partial charge in [-0.05, 0) is 60.8 Å². The molecule has 1 saturated heterocycles. The van der Waals surface area contributed by atoms with Crippen LogP contribution in [0.2, 0.25) is 0 Å². The quantitative estimate of drug-likeness (QED) is 0.736. The van der Waals surface area contributed by atoms with Crippen LogP contribution in [-0.4, -0.2) is 24.0 Å². The van der Waals surface area contributed by atoms with E-state index in [-0.39, 0.29) is 11.4 Å². The van der Waals surface area contributed by atoms with Gasteiger partial charge in [-0.2, -0.15) is 0 Å². The van der Waals surface area contributed by atoms with Gasteiger partial charge >= 0.3 is 6.03 Å². The zero-order valence-corrected chi connectivity index (χ0v) is 17.1. The van der Waals surface area contributed by atoms with Gasteiger partial charge in [0.15, 0.2) is 0 Å². The van der Waals surface area contributed by atoms with E-state index in [2.05, 4.69) is 50.4 Å². The second-order valence-corrected chi connectivity index (χ2v) is 8.88. The lowest BCUT2D eigenvalue weighted by molar-refractivity contribution is 0.182. The van der Waals surface area contributed by atoms with Crippen molar-refractivity contribution in [3.8, 4) is 0 Å². The second-order valence-electron chi connectivity index (χ2n) is 8.88. The van der Waals surface area contributed by atoms with Gasteiger partial charge in [0, 0.05) is 18.8 Å². The Morgan fingerprint density at radius 2 is 1.59 bits per heavy atom. The predicted octanol–water partition coefficient (Wildman–Crippen LogP) is 5.78. The SMILES string of the molecule is Cc1ccc(NC(=O)N2CCC(Cc3ccc(C(C)(C)C)cc3)CC2)cc1. The van der Waals surface area contributed by atoms with Crippen LogP contribution in [0.15, 0.2) is 48.5 Å². The monoisotopic (exact) mass is 364 g/mol. The van der Waals surface area contributed by atoms with Crippen LogP contribution in [-0.2, 0) is 11.8 Å². The van der Waals surface area contributed by atoms with E-state index in [1.807, 2.05) is 36.1 Å². The van der Waals surface area contributed by atoms with Crippen molar-refractivity contribution in [2.45, 2.75) is 52.4 Å². The van der Waals surface area contributed by atoms with E-state index in [0.29, 0.717) is 5.92 Å². The maximum Gasteiger partial charge on any atom is 0.321 e. The predicted molar refractivity (Wildman–Crippen MR) is 113 cm³/mol. The van der Waals surface area contributed by atoms with Gasteiger partial charge in [-0.3, -0.25) is 0 Å². The summed E-state index contributed by atoms with van der Waals surface area (Å²) in [5, 5.41) is 3.01. The van der Waals surface area contributed by atoms with Gasteiger partial charge in [0.25, 0.3) is 0 Å². The molecule has 1 N–H and O–H groups in total. The van der Waals surface area contributed by atoms with E-state index in [4.69, 9.17) is 0 Å². The molecule has 0 radical (unpaired) electrons. The standard InChI is InChI=1S/C24H32N2O/c1-18-5-11-22(12-6-18)25-23(27)26-15-13-20(14-16-26)17-19-7-9-21(10-8-19)24(2,3)4/h5-12,20H,13-17H2,1-4H3,(H,25,27). The molecule has 1 aliphatic rings. The molecule has 3 nitrogen and oxygen atoms in total. The Kier molecular flexibility index (Phi) is 5.88. The van der Waals surface area contributed by atoms with Crippen molar-refractivity contribution in [3.63, 3.8) is 0 Å². The summed E-state index contributed by atoms with van der Waals surface area (Å²) < 4.78 is 0. The van der Waals surface area contributed by atoms with Crippen molar-refractivity contribution in [2.24, 2.45) is 5.92 Å². The summed E-state index contributed by atoms with van der Waals surface area (Å²) in [6.07, 6.45) is 3.25. The van der Waals surface area contributed by atoms with Gasteiger partial charge in [0.2, 0.25) is 0 Å². The highest BCUT2D eigenvalue weighted by Crippen LogP contribution is 2.25. The Morgan fingerprint density at radius 1 is 1.00 bits per heavy atom. The van der Waals surface area contributed by atoms with Crippen LogP contribution < -0.4 is 5.32 Å². The minimum absolute atomic E-state index is 0.0202. The number of urea groups is 1. The molecule has 1 aliphatic heterocycles. The number of aryl methyl sites for hydroxylation is 1. The van der Waals surface area contributed by atoms with Crippen molar-refractivity contribution >= 4 is 11.7 Å². The van der Waals surface area contributed by atoms with Gasteiger partial charge in [-0.25, -0.2) is 4.79 Å². The average Bonchev–Trinajstić information content (AvgIpc) is 2.64. The summed E-state index contributed by atoms with van der Waals surface area (Å²) >= 11 is 0. The molecule has 0 bridgehead atoms. The van der Waals surface area contributed by atoms with Crippen LogP contribution in [0.25, 0.3) is 0 Å². The fourth-order valence-corrected chi connectivity index (χ4v) is 3.65. The lowest BCUT2D eigenvalue weighted by atomic mass is 9.85. The first kappa shape index (κ1) is 19.5. The van der Waals surface area contributed by atoms with Crippen LogP contribution in [0.4, 0.5) is 10.5 Å². The molecule has 0 spiro atoms. The Morgan fingerprint density at radius 3 is 2.15 bits per heavy atom. The maximum atomic E-state index is 12.5. The summed E-state index contributed by atoms with van der Waals surface area (Å²) in [4.78, 5) is 14.4. The molecule has 0 saturated carbocycles. The van der Waals surface area contributed by atoms with Crippen LogP contribution in [0.1, 0.15) is 50.3 Å². The number of benzene rings is 2. The highest BCUT2D eigenvalue weighted by atomic mass is 16.2. The van der Waals surface area contributed by atoms with Crippen LogP contribution >= 0.6 is 0 Å². The number of hydrogen-bond donors (Lipinski definition) is 1. The van der Waals surface area contributed by atoms with Gasteiger partial charge in [-0.1, -0.05) is 62.7 Å². The molecule has 1 heterocycles. The fraction of sp³-hybridized carbons (Fsp3) is 0.458. The Balaban J connectivity index is 1.48. The molecule has 2 aromatic carbocycles. The first-order chi connectivity index (χ1) is 12.8. The molecule has 3 rings (SSSR count). The Labute approximate surface area is 163 Å². The third kappa shape index (κ3) is 5.35. The number of nitrogens with zero attached hydrogens (tertiary/aromatic N) is 1. The third-order valence-corrected chi connectivity index (χ3v) is 5.55. The van der Waals surface area contributed by atoms with E-state index >= 15 is 0 Å². The number of nitrogens with one attached hydrogen (secondary N) is 1. The summed E-state index contributed by atoms with van der Waals surface area (Å²) in [5.41, 5.74) is 5.06. The second kappa shape index (κ2) is 8.16. The summed E-state index contributed by atoms with van der Waals surface area (Å²) in [7, 11) is 0. The summed E-state index contributed by atoms with van der Waals surface area (Å²) in [6, 6.07) is 17.1. The van der Waals surface area contributed by atoms with Crippen molar-refractivity contribution < 1.29 is 4.79 Å².